The Labute approximate surface area is 147 Å². The van der Waals surface area contributed by atoms with Gasteiger partial charge in [0.1, 0.15) is 0 Å². The molecule has 0 radical (unpaired) electrons. The number of imide groups is 1. The molecule has 2 rings (SSSR count). The van der Waals surface area contributed by atoms with Crippen LogP contribution in [-0.2, 0) is 19.1 Å². The number of esters is 1. The summed E-state index contributed by atoms with van der Waals surface area (Å²) in [6.07, 6.45) is 5.07. The summed E-state index contributed by atoms with van der Waals surface area (Å²) < 4.78 is 4.97. The van der Waals surface area contributed by atoms with Crippen LogP contribution in [0, 0.1) is 5.92 Å². The summed E-state index contributed by atoms with van der Waals surface area (Å²) in [5.41, 5.74) is 0. The van der Waals surface area contributed by atoms with Gasteiger partial charge in [0.2, 0.25) is 5.91 Å². The summed E-state index contributed by atoms with van der Waals surface area (Å²) >= 11 is 0. The fourth-order valence-electron chi connectivity index (χ4n) is 3.24. The normalized spacial score (nSPS) is 21.9. The van der Waals surface area contributed by atoms with Gasteiger partial charge in [0.25, 0.3) is 5.91 Å². The molecule has 4 amide bonds. The fraction of sp³-hybridized carbons (Fsp3) is 0.765. The third-order valence-corrected chi connectivity index (χ3v) is 4.85. The third kappa shape index (κ3) is 5.44. The van der Waals surface area contributed by atoms with Gasteiger partial charge in [0.05, 0.1) is 5.92 Å². The zero-order chi connectivity index (χ0) is 18.4. The van der Waals surface area contributed by atoms with Gasteiger partial charge >= 0.3 is 12.0 Å². The van der Waals surface area contributed by atoms with Gasteiger partial charge < -0.3 is 15.0 Å². The van der Waals surface area contributed by atoms with E-state index in [0.717, 1.165) is 32.1 Å². The Kier molecular flexibility index (Phi) is 6.78. The van der Waals surface area contributed by atoms with E-state index in [9.17, 15) is 19.2 Å². The first-order chi connectivity index (χ1) is 11.9. The maximum Gasteiger partial charge on any atom is 0.321 e. The number of carbonyl (C=O) groups excluding carboxylic acids is 4. The Morgan fingerprint density at radius 1 is 1.28 bits per heavy atom. The summed E-state index contributed by atoms with van der Waals surface area (Å²) in [6.45, 7) is 3.56. The van der Waals surface area contributed by atoms with Crippen molar-refractivity contribution in [2.45, 2.75) is 64.5 Å². The van der Waals surface area contributed by atoms with Crippen molar-refractivity contribution >= 4 is 23.8 Å². The van der Waals surface area contributed by atoms with Crippen molar-refractivity contribution in [2.24, 2.45) is 5.92 Å². The molecule has 0 unspecified atom stereocenters. The number of nitrogens with zero attached hydrogens (tertiary/aromatic N) is 1. The largest absolute Gasteiger partial charge is 0.455 e. The molecule has 1 aliphatic carbocycles. The second-order valence-corrected chi connectivity index (χ2v) is 6.82. The number of carbonyl (C=O) groups is 4. The van der Waals surface area contributed by atoms with E-state index in [0.29, 0.717) is 6.54 Å². The Bertz CT molecular complexity index is 530. The zero-order valence-electron chi connectivity index (χ0n) is 14.9. The Hall–Kier alpha value is -2.12. The average molecular weight is 353 g/mol. The van der Waals surface area contributed by atoms with Crippen molar-refractivity contribution in [2.75, 3.05) is 13.2 Å². The standard InChI is InChI=1S/C17H27N3O5/c1-3-11(2)18-17(24)19-14(21)10-25-16(23)12-8-15(22)20(9-12)13-6-4-5-7-13/h11-13H,3-10H2,1-2H3,(H2,18,19,21,24)/t11-,12-/m0/s1. The molecule has 0 aromatic heterocycles. The second kappa shape index (κ2) is 8.82. The van der Waals surface area contributed by atoms with E-state index >= 15 is 0 Å². The average Bonchev–Trinajstić information content (AvgIpc) is 3.21. The molecule has 25 heavy (non-hydrogen) atoms. The molecule has 2 atom stereocenters. The van der Waals surface area contributed by atoms with Crippen molar-refractivity contribution in [1.82, 2.24) is 15.5 Å². The third-order valence-electron chi connectivity index (χ3n) is 4.85. The van der Waals surface area contributed by atoms with Crippen molar-refractivity contribution in [1.29, 1.82) is 0 Å². The molecule has 140 valence electrons. The minimum Gasteiger partial charge on any atom is -0.455 e. The van der Waals surface area contributed by atoms with Crippen molar-refractivity contribution in [3.05, 3.63) is 0 Å². The SMILES string of the molecule is CC[C@H](C)NC(=O)NC(=O)COC(=O)[C@H]1CC(=O)N(C2CCCC2)C1. The van der Waals surface area contributed by atoms with Crippen LogP contribution in [0.4, 0.5) is 4.79 Å². The van der Waals surface area contributed by atoms with Crippen LogP contribution in [0.15, 0.2) is 0 Å². The highest BCUT2D eigenvalue weighted by Gasteiger charge is 2.39. The molecule has 1 aliphatic heterocycles. The molecule has 2 aliphatic rings. The number of hydrogen-bond donors (Lipinski definition) is 2. The maximum absolute atomic E-state index is 12.1. The second-order valence-electron chi connectivity index (χ2n) is 6.82. The molecule has 1 saturated carbocycles. The monoisotopic (exact) mass is 353 g/mol. The number of hydrogen-bond acceptors (Lipinski definition) is 5. The molecule has 2 fully saturated rings. The van der Waals surface area contributed by atoms with E-state index in [2.05, 4.69) is 10.6 Å². The Morgan fingerprint density at radius 3 is 2.60 bits per heavy atom. The molecule has 1 heterocycles. The molecule has 1 saturated heterocycles. The lowest BCUT2D eigenvalue weighted by Crippen LogP contribution is -2.44. The van der Waals surface area contributed by atoms with Gasteiger partial charge in [0.15, 0.2) is 6.61 Å². The topological polar surface area (TPSA) is 105 Å². The van der Waals surface area contributed by atoms with Gasteiger partial charge in [0, 0.05) is 25.0 Å². The minimum absolute atomic E-state index is 0.0220. The number of rotatable bonds is 6. The number of ether oxygens (including phenoxy) is 1. The smallest absolute Gasteiger partial charge is 0.321 e. The van der Waals surface area contributed by atoms with Crippen LogP contribution in [-0.4, -0.2) is 54.0 Å². The van der Waals surface area contributed by atoms with E-state index in [4.69, 9.17) is 4.74 Å². The van der Waals surface area contributed by atoms with Gasteiger partial charge in [-0.3, -0.25) is 19.7 Å². The molecule has 0 aromatic carbocycles. The van der Waals surface area contributed by atoms with Crippen LogP contribution in [0.5, 0.6) is 0 Å². The van der Waals surface area contributed by atoms with Crippen LogP contribution in [0.3, 0.4) is 0 Å². The van der Waals surface area contributed by atoms with E-state index in [-0.39, 0.29) is 24.4 Å². The molecule has 0 spiro atoms. The van der Waals surface area contributed by atoms with Crippen LogP contribution >= 0.6 is 0 Å². The summed E-state index contributed by atoms with van der Waals surface area (Å²) in [5, 5.41) is 4.69. The van der Waals surface area contributed by atoms with Crippen molar-refractivity contribution in [3.8, 4) is 0 Å². The lowest BCUT2D eigenvalue weighted by Gasteiger charge is -2.23. The number of nitrogens with one attached hydrogen (secondary N) is 2. The van der Waals surface area contributed by atoms with Gasteiger partial charge in [-0.05, 0) is 26.2 Å². The minimum atomic E-state index is -0.689. The van der Waals surface area contributed by atoms with Crippen LogP contribution in [0.1, 0.15) is 52.4 Å². The van der Waals surface area contributed by atoms with Gasteiger partial charge in [-0.15, -0.1) is 0 Å². The molecule has 2 N–H and O–H groups in total. The molecular formula is C17H27N3O5. The lowest BCUT2D eigenvalue weighted by atomic mass is 10.1. The number of likely N-dealkylation sites (tertiary alicyclic amines) is 1. The summed E-state index contributed by atoms with van der Waals surface area (Å²) in [6, 6.07) is -0.432. The summed E-state index contributed by atoms with van der Waals surface area (Å²) in [7, 11) is 0. The Balaban J connectivity index is 1.72. The molecular weight excluding hydrogens is 326 g/mol. The number of amides is 4. The lowest BCUT2D eigenvalue weighted by molar-refractivity contribution is -0.152. The van der Waals surface area contributed by atoms with Gasteiger partial charge in [-0.1, -0.05) is 19.8 Å². The molecule has 0 bridgehead atoms. The first-order valence-electron chi connectivity index (χ1n) is 8.97. The van der Waals surface area contributed by atoms with Crippen molar-refractivity contribution in [3.63, 3.8) is 0 Å². The highest BCUT2D eigenvalue weighted by atomic mass is 16.5. The predicted octanol–water partition coefficient (Wildman–Crippen LogP) is 0.945. The Morgan fingerprint density at radius 2 is 1.96 bits per heavy atom. The summed E-state index contributed by atoms with van der Waals surface area (Å²) in [5.74, 6) is -1.81. The fourth-order valence-corrected chi connectivity index (χ4v) is 3.24. The van der Waals surface area contributed by atoms with E-state index < -0.39 is 30.4 Å². The molecule has 8 heteroatoms. The van der Waals surface area contributed by atoms with Crippen LogP contribution < -0.4 is 10.6 Å². The van der Waals surface area contributed by atoms with Gasteiger partial charge in [-0.25, -0.2) is 4.79 Å². The summed E-state index contributed by atoms with van der Waals surface area (Å²) in [4.78, 5) is 49.1. The van der Waals surface area contributed by atoms with Gasteiger partial charge in [-0.2, -0.15) is 0 Å². The highest BCUT2D eigenvalue weighted by Crippen LogP contribution is 2.29. The molecule has 0 aromatic rings. The van der Waals surface area contributed by atoms with E-state index in [1.807, 2.05) is 13.8 Å². The van der Waals surface area contributed by atoms with E-state index in [1.54, 1.807) is 4.90 Å². The predicted molar refractivity (Wildman–Crippen MR) is 89.5 cm³/mol. The van der Waals surface area contributed by atoms with Crippen LogP contribution in [0.25, 0.3) is 0 Å². The van der Waals surface area contributed by atoms with Crippen LogP contribution in [0.2, 0.25) is 0 Å². The highest BCUT2D eigenvalue weighted by molar-refractivity contribution is 5.96. The first kappa shape index (κ1) is 19.2. The number of urea groups is 1. The molecule has 8 nitrogen and oxygen atoms in total. The van der Waals surface area contributed by atoms with Crippen molar-refractivity contribution < 1.29 is 23.9 Å². The van der Waals surface area contributed by atoms with E-state index in [1.165, 1.54) is 0 Å². The first-order valence-corrected chi connectivity index (χ1v) is 8.97. The quantitative estimate of drug-likeness (QED) is 0.692. The zero-order valence-corrected chi connectivity index (χ0v) is 14.9. The maximum atomic E-state index is 12.1.